The molecule has 0 aromatic heterocycles. The van der Waals surface area contributed by atoms with E-state index < -0.39 is 14.3 Å². The first kappa shape index (κ1) is 26.8. The van der Waals surface area contributed by atoms with Gasteiger partial charge in [-0.05, 0) is 48.2 Å². The van der Waals surface area contributed by atoms with Gasteiger partial charge in [0.05, 0.1) is 32.3 Å². The summed E-state index contributed by atoms with van der Waals surface area (Å²) in [7, 11) is -1.47. The van der Waals surface area contributed by atoms with Crippen LogP contribution >= 0.6 is 8.25 Å². The minimum absolute atomic E-state index is 0.0467. The fourth-order valence-electron chi connectivity index (χ4n) is 3.35. The number of unbranched alkanes of at least 4 members (excludes halogenated alkanes) is 2. The van der Waals surface area contributed by atoms with E-state index in [1.165, 1.54) is 0 Å². The molecule has 2 rings (SSSR count). The van der Waals surface area contributed by atoms with E-state index in [0.717, 1.165) is 34.9 Å². The van der Waals surface area contributed by atoms with Gasteiger partial charge in [-0.25, -0.2) is 0 Å². The molecule has 0 radical (unpaired) electrons. The molecule has 0 aliphatic rings. The van der Waals surface area contributed by atoms with Crippen LogP contribution in [0.1, 0.15) is 44.1 Å². The molecule has 0 spiro atoms. The van der Waals surface area contributed by atoms with Crippen molar-refractivity contribution in [2.75, 3.05) is 26.9 Å². The Hall–Kier alpha value is -2.45. The largest absolute Gasteiger partial charge is 0.497 e. The van der Waals surface area contributed by atoms with Gasteiger partial charge < -0.3 is 29.9 Å². The highest BCUT2D eigenvalue weighted by Crippen LogP contribution is 2.25. The lowest BCUT2D eigenvalue weighted by Crippen LogP contribution is -2.40. The second kappa shape index (κ2) is 14.0. The summed E-state index contributed by atoms with van der Waals surface area (Å²) in [4.78, 5) is 33.1. The third kappa shape index (κ3) is 9.14. The number of aliphatic hydroxyl groups is 1. The SMILES string of the molecule is COc1ccc2cc([C@H](C)C(=O)NCCCCCC(=O)NC(CO)CO[PH](=O)O)ccc2c1. The van der Waals surface area contributed by atoms with E-state index in [4.69, 9.17) is 14.7 Å². The van der Waals surface area contributed by atoms with Crippen molar-refractivity contribution in [3.63, 3.8) is 0 Å². The Kier molecular flexibility index (Phi) is 11.3. The van der Waals surface area contributed by atoms with E-state index in [2.05, 4.69) is 15.2 Å². The third-order valence-electron chi connectivity index (χ3n) is 5.34. The van der Waals surface area contributed by atoms with Gasteiger partial charge in [0.25, 0.3) is 0 Å². The highest BCUT2D eigenvalue weighted by Gasteiger charge is 2.15. The Balaban J connectivity index is 1.68. The zero-order valence-electron chi connectivity index (χ0n) is 19.0. The summed E-state index contributed by atoms with van der Waals surface area (Å²) in [5.41, 5.74) is 0.940. The van der Waals surface area contributed by atoms with Crippen LogP contribution in [0, 0.1) is 0 Å². The van der Waals surface area contributed by atoms with Crippen molar-refractivity contribution >= 4 is 30.8 Å². The second-order valence-corrected chi connectivity index (χ2v) is 8.64. The molecule has 33 heavy (non-hydrogen) atoms. The molecular formula is C23H33N2O7P. The van der Waals surface area contributed by atoms with Crippen molar-refractivity contribution in [2.45, 2.75) is 44.6 Å². The lowest BCUT2D eigenvalue weighted by atomic mass is 9.97. The van der Waals surface area contributed by atoms with Crippen LogP contribution in [-0.2, 0) is 18.7 Å². The monoisotopic (exact) mass is 480 g/mol. The quantitative estimate of drug-likeness (QED) is 0.241. The molecule has 9 nitrogen and oxygen atoms in total. The van der Waals surface area contributed by atoms with Gasteiger partial charge in [-0.2, -0.15) is 0 Å². The normalized spacial score (nSPS) is 13.8. The first-order chi connectivity index (χ1) is 15.8. The number of hydrogen-bond donors (Lipinski definition) is 4. The smallest absolute Gasteiger partial charge is 0.316 e. The number of hydrogen-bond acceptors (Lipinski definition) is 6. The predicted octanol–water partition coefficient (Wildman–Crippen LogP) is 2.50. The summed E-state index contributed by atoms with van der Waals surface area (Å²) < 4.78 is 20.3. The average molecular weight is 480 g/mol. The van der Waals surface area contributed by atoms with Crippen molar-refractivity contribution in [2.24, 2.45) is 0 Å². The van der Waals surface area contributed by atoms with Crippen molar-refractivity contribution in [3.8, 4) is 5.75 Å². The topological polar surface area (TPSA) is 134 Å². The van der Waals surface area contributed by atoms with Gasteiger partial charge in [-0.3, -0.25) is 14.2 Å². The van der Waals surface area contributed by atoms with Gasteiger partial charge in [0, 0.05) is 13.0 Å². The molecule has 182 valence electrons. The molecule has 0 bridgehead atoms. The van der Waals surface area contributed by atoms with Gasteiger partial charge in [0.1, 0.15) is 5.75 Å². The van der Waals surface area contributed by atoms with Crippen LogP contribution in [0.5, 0.6) is 5.75 Å². The lowest BCUT2D eigenvalue weighted by molar-refractivity contribution is -0.123. The van der Waals surface area contributed by atoms with Crippen LogP contribution in [0.25, 0.3) is 10.8 Å². The maximum absolute atomic E-state index is 12.5. The number of benzene rings is 2. The number of fused-ring (bicyclic) bond motifs is 1. The molecule has 0 fully saturated rings. The van der Waals surface area contributed by atoms with Crippen molar-refractivity contribution in [1.29, 1.82) is 0 Å². The van der Waals surface area contributed by atoms with E-state index in [-0.39, 0.29) is 37.4 Å². The number of rotatable bonds is 14. The van der Waals surface area contributed by atoms with Crippen LogP contribution in [0.15, 0.2) is 36.4 Å². The van der Waals surface area contributed by atoms with Crippen molar-refractivity contribution in [1.82, 2.24) is 10.6 Å². The Morgan fingerprint density at radius 3 is 2.52 bits per heavy atom. The summed E-state index contributed by atoms with van der Waals surface area (Å²) in [6.07, 6.45) is 2.38. The van der Waals surface area contributed by atoms with Gasteiger partial charge in [-0.1, -0.05) is 30.7 Å². The summed E-state index contributed by atoms with van der Waals surface area (Å²) >= 11 is 0. The number of carbonyl (C=O) groups is 2. The molecular weight excluding hydrogens is 447 g/mol. The van der Waals surface area contributed by atoms with E-state index in [1.54, 1.807) is 7.11 Å². The first-order valence-electron chi connectivity index (χ1n) is 11.0. The third-order valence-corrected chi connectivity index (χ3v) is 5.75. The molecule has 10 heteroatoms. The Morgan fingerprint density at radius 1 is 1.09 bits per heavy atom. The molecule has 0 saturated heterocycles. The minimum atomic E-state index is -3.10. The molecule has 2 aromatic rings. The average Bonchev–Trinajstić information content (AvgIpc) is 2.82. The highest BCUT2D eigenvalue weighted by molar-refractivity contribution is 7.32. The van der Waals surface area contributed by atoms with E-state index in [9.17, 15) is 14.2 Å². The molecule has 2 amide bonds. The fourth-order valence-corrected chi connectivity index (χ4v) is 3.70. The first-order valence-corrected chi connectivity index (χ1v) is 12.2. The molecule has 2 unspecified atom stereocenters. The lowest BCUT2D eigenvalue weighted by Gasteiger charge is -2.15. The van der Waals surface area contributed by atoms with Crippen LogP contribution in [0.4, 0.5) is 0 Å². The number of methoxy groups -OCH3 is 1. The van der Waals surface area contributed by atoms with Crippen LogP contribution < -0.4 is 15.4 Å². The maximum Gasteiger partial charge on any atom is 0.316 e. The zero-order chi connectivity index (χ0) is 24.2. The fraction of sp³-hybridized carbons (Fsp3) is 0.478. The summed E-state index contributed by atoms with van der Waals surface area (Å²) in [5, 5.41) is 16.8. The summed E-state index contributed by atoms with van der Waals surface area (Å²) in [6, 6.07) is 11.1. The number of aliphatic hydroxyl groups excluding tert-OH is 1. The van der Waals surface area contributed by atoms with E-state index in [0.29, 0.717) is 13.0 Å². The van der Waals surface area contributed by atoms with Gasteiger partial charge in [-0.15, -0.1) is 0 Å². The molecule has 0 aliphatic carbocycles. The number of amides is 2. The minimum Gasteiger partial charge on any atom is -0.497 e. The highest BCUT2D eigenvalue weighted by atomic mass is 31.1. The van der Waals surface area contributed by atoms with Crippen LogP contribution in [0.2, 0.25) is 0 Å². The number of carbonyl (C=O) groups excluding carboxylic acids is 2. The molecule has 0 saturated carbocycles. The molecule has 2 aromatic carbocycles. The second-order valence-electron chi connectivity index (χ2n) is 7.82. The summed E-state index contributed by atoms with van der Waals surface area (Å²) in [6.45, 7) is 1.80. The standard InChI is InChI=1S/C23H33N2O7P/c1-16(17-7-8-19-13-21(31-2)10-9-18(19)12-17)23(28)24-11-5-3-4-6-22(27)25-20(14-26)15-32-33(29)30/h7-10,12-13,16,20,26,33H,3-6,11,14-15H2,1-2H3,(H,24,28)(H,25,27)(H,29,30)/t16-,20?/m0/s1. The van der Waals surface area contributed by atoms with Gasteiger partial charge in [0.15, 0.2) is 0 Å². The Morgan fingerprint density at radius 2 is 1.82 bits per heavy atom. The molecule has 0 heterocycles. The Bertz CT molecular complexity index is 954. The van der Waals surface area contributed by atoms with Crippen molar-refractivity contribution in [3.05, 3.63) is 42.0 Å². The molecule has 3 atom stereocenters. The van der Waals surface area contributed by atoms with Gasteiger partial charge >= 0.3 is 8.25 Å². The zero-order valence-corrected chi connectivity index (χ0v) is 20.0. The van der Waals surface area contributed by atoms with E-state index >= 15 is 0 Å². The predicted molar refractivity (Wildman–Crippen MR) is 127 cm³/mol. The van der Waals surface area contributed by atoms with Crippen LogP contribution in [0.3, 0.4) is 0 Å². The summed E-state index contributed by atoms with van der Waals surface area (Å²) in [5.74, 6) is 0.201. The van der Waals surface area contributed by atoms with Gasteiger partial charge in [0.2, 0.25) is 11.8 Å². The molecule has 0 aliphatic heterocycles. The van der Waals surface area contributed by atoms with Crippen LogP contribution in [-0.4, -0.2) is 54.7 Å². The maximum atomic E-state index is 12.5. The Labute approximate surface area is 194 Å². The number of ether oxygens (including phenoxy) is 1. The van der Waals surface area contributed by atoms with Crippen molar-refractivity contribution < 1.29 is 33.4 Å². The number of nitrogens with one attached hydrogen (secondary N) is 2. The van der Waals surface area contributed by atoms with E-state index in [1.807, 2.05) is 43.3 Å². The molecule has 4 N–H and O–H groups in total.